The number of aryl methyl sites for hydroxylation is 1. The van der Waals surface area contributed by atoms with Crippen molar-refractivity contribution in [1.82, 2.24) is 15.2 Å². The summed E-state index contributed by atoms with van der Waals surface area (Å²) in [5.41, 5.74) is 3.24. The highest BCUT2D eigenvalue weighted by molar-refractivity contribution is 5.99. The molecule has 4 rings (SSSR count). The fourth-order valence-electron chi connectivity index (χ4n) is 4.07. The average Bonchev–Trinajstić information content (AvgIpc) is 3.16. The zero-order valence-corrected chi connectivity index (χ0v) is 17.9. The van der Waals surface area contributed by atoms with Crippen molar-refractivity contribution in [2.45, 2.75) is 39.5 Å². The van der Waals surface area contributed by atoms with Crippen molar-refractivity contribution in [3.05, 3.63) is 70.7 Å². The molecule has 1 aromatic heterocycles. The van der Waals surface area contributed by atoms with Crippen molar-refractivity contribution < 1.29 is 18.7 Å². The van der Waals surface area contributed by atoms with Gasteiger partial charge < -0.3 is 19.9 Å². The first kappa shape index (κ1) is 21.1. The summed E-state index contributed by atoms with van der Waals surface area (Å²) in [7, 11) is 0. The summed E-state index contributed by atoms with van der Waals surface area (Å²) in [5, 5.41) is 3.68. The Morgan fingerprint density at radius 2 is 1.81 bits per heavy atom. The number of H-pyrrole nitrogens is 1. The lowest BCUT2D eigenvalue weighted by atomic mass is 10.1. The van der Waals surface area contributed by atoms with Crippen LogP contribution in [-0.4, -0.2) is 47.0 Å². The molecule has 3 aromatic rings. The summed E-state index contributed by atoms with van der Waals surface area (Å²) >= 11 is 0. The molecule has 0 aliphatic carbocycles. The van der Waals surface area contributed by atoms with Crippen molar-refractivity contribution in [3.8, 4) is 0 Å². The van der Waals surface area contributed by atoms with Crippen LogP contribution < -0.4 is 5.32 Å². The zero-order chi connectivity index (χ0) is 22.1. The van der Waals surface area contributed by atoms with E-state index in [-0.39, 0.29) is 29.8 Å². The van der Waals surface area contributed by atoms with Gasteiger partial charge in [0.2, 0.25) is 0 Å². The summed E-state index contributed by atoms with van der Waals surface area (Å²) in [5.74, 6) is -0.625. The molecule has 0 spiro atoms. The van der Waals surface area contributed by atoms with Crippen LogP contribution in [0.3, 0.4) is 0 Å². The van der Waals surface area contributed by atoms with Crippen LogP contribution in [0.2, 0.25) is 0 Å². The van der Waals surface area contributed by atoms with Gasteiger partial charge in [-0.05, 0) is 62.2 Å². The van der Waals surface area contributed by atoms with E-state index in [9.17, 15) is 14.0 Å². The van der Waals surface area contributed by atoms with E-state index in [4.69, 9.17) is 4.74 Å². The van der Waals surface area contributed by atoms with Gasteiger partial charge in [0.1, 0.15) is 11.5 Å². The first-order valence-electron chi connectivity index (χ1n) is 10.4. The second-order valence-electron chi connectivity index (χ2n) is 8.21. The number of hydrogen-bond acceptors (Lipinski definition) is 3. The largest absolute Gasteiger partial charge is 0.372 e. The van der Waals surface area contributed by atoms with E-state index in [0.29, 0.717) is 36.4 Å². The number of aromatic amines is 1. The molecular formula is C24H26FN3O3. The van der Waals surface area contributed by atoms with Gasteiger partial charge in [-0.25, -0.2) is 4.39 Å². The predicted molar refractivity (Wildman–Crippen MR) is 117 cm³/mol. The van der Waals surface area contributed by atoms with Gasteiger partial charge in [0.15, 0.2) is 0 Å². The molecule has 2 N–H and O–H groups in total. The summed E-state index contributed by atoms with van der Waals surface area (Å²) in [6.07, 6.45) is 0.0409. The van der Waals surface area contributed by atoms with Gasteiger partial charge in [0.25, 0.3) is 11.8 Å². The molecule has 162 valence electrons. The fraction of sp³-hybridized carbons (Fsp3) is 0.333. The number of benzene rings is 2. The minimum absolute atomic E-state index is 0.0155. The molecule has 2 aromatic carbocycles. The lowest BCUT2D eigenvalue weighted by Gasteiger charge is -2.35. The average molecular weight is 423 g/mol. The molecule has 7 heteroatoms. The van der Waals surface area contributed by atoms with Crippen LogP contribution in [0.25, 0.3) is 10.9 Å². The van der Waals surface area contributed by atoms with Crippen molar-refractivity contribution in [3.63, 3.8) is 0 Å². The van der Waals surface area contributed by atoms with Gasteiger partial charge in [0.05, 0.1) is 12.2 Å². The Labute approximate surface area is 180 Å². The normalized spacial score (nSPS) is 18.9. The topological polar surface area (TPSA) is 74.4 Å². The Balaban J connectivity index is 1.38. The number of nitrogens with one attached hydrogen (secondary N) is 2. The number of rotatable bonds is 4. The number of ether oxygens (including phenoxy) is 1. The summed E-state index contributed by atoms with van der Waals surface area (Å²) in [6.45, 7) is 7.21. The number of halogens is 1. The van der Waals surface area contributed by atoms with Gasteiger partial charge in [-0.15, -0.1) is 0 Å². The third kappa shape index (κ3) is 4.61. The maximum atomic E-state index is 13.6. The van der Waals surface area contributed by atoms with Crippen molar-refractivity contribution in [2.75, 3.05) is 13.1 Å². The molecule has 2 unspecified atom stereocenters. The Morgan fingerprint density at radius 3 is 2.48 bits per heavy atom. The molecule has 6 nitrogen and oxygen atoms in total. The lowest BCUT2D eigenvalue weighted by molar-refractivity contribution is -0.0586. The molecule has 1 saturated heterocycles. The molecule has 1 aliphatic rings. The third-order valence-electron chi connectivity index (χ3n) is 5.52. The van der Waals surface area contributed by atoms with Gasteiger partial charge in [-0.1, -0.05) is 12.1 Å². The number of aromatic nitrogens is 1. The van der Waals surface area contributed by atoms with Crippen molar-refractivity contribution >= 4 is 22.7 Å². The van der Waals surface area contributed by atoms with Crippen LogP contribution in [-0.2, 0) is 11.3 Å². The van der Waals surface area contributed by atoms with Crippen LogP contribution in [0.5, 0.6) is 0 Å². The molecule has 0 saturated carbocycles. The van der Waals surface area contributed by atoms with E-state index in [1.54, 1.807) is 18.2 Å². The Bertz CT molecular complexity index is 1110. The molecule has 0 bridgehead atoms. The zero-order valence-electron chi connectivity index (χ0n) is 17.9. The van der Waals surface area contributed by atoms with Crippen molar-refractivity contribution in [1.29, 1.82) is 0 Å². The minimum atomic E-state index is -0.338. The molecule has 2 heterocycles. The summed E-state index contributed by atoms with van der Waals surface area (Å²) in [4.78, 5) is 30.1. The molecule has 1 fully saturated rings. The highest BCUT2D eigenvalue weighted by atomic mass is 19.1. The van der Waals surface area contributed by atoms with E-state index < -0.39 is 0 Å². The Kier molecular flexibility index (Phi) is 5.78. The second-order valence-corrected chi connectivity index (χ2v) is 8.21. The van der Waals surface area contributed by atoms with Crippen LogP contribution in [0.1, 0.15) is 45.8 Å². The van der Waals surface area contributed by atoms with Gasteiger partial charge in [-0.3, -0.25) is 9.59 Å². The Hall–Kier alpha value is -3.19. The SMILES string of the molecule is Cc1cc(F)cc2[nH]c(C(=O)NCc3ccc(C(=O)N4CC(C)OC(C)C4)cc3)cc12. The second kappa shape index (κ2) is 8.51. The standard InChI is InChI=1S/C24H26FN3O3/c1-14-8-19(25)9-21-20(14)10-22(27-21)23(29)26-11-17-4-6-18(7-5-17)24(30)28-12-15(2)31-16(3)13-28/h4-10,15-16,27H,11-13H2,1-3H3,(H,26,29). The fourth-order valence-corrected chi connectivity index (χ4v) is 4.07. The van der Waals surface area contributed by atoms with Crippen LogP contribution in [0, 0.1) is 12.7 Å². The van der Waals surface area contributed by atoms with Crippen LogP contribution in [0.4, 0.5) is 4.39 Å². The van der Waals surface area contributed by atoms with E-state index in [1.807, 2.05) is 37.8 Å². The highest BCUT2D eigenvalue weighted by Crippen LogP contribution is 2.21. The van der Waals surface area contributed by atoms with Gasteiger partial charge in [-0.2, -0.15) is 0 Å². The number of carbonyl (C=O) groups is 2. The number of nitrogens with zero attached hydrogens (tertiary/aromatic N) is 1. The maximum Gasteiger partial charge on any atom is 0.267 e. The van der Waals surface area contributed by atoms with Crippen LogP contribution >= 0.6 is 0 Å². The van der Waals surface area contributed by atoms with E-state index >= 15 is 0 Å². The lowest BCUT2D eigenvalue weighted by Crippen LogP contribution is -2.48. The highest BCUT2D eigenvalue weighted by Gasteiger charge is 2.26. The van der Waals surface area contributed by atoms with Crippen LogP contribution in [0.15, 0.2) is 42.5 Å². The third-order valence-corrected chi connectivity index (χ3v) is 5.52. The molecule has 1 aliphatic heterocycles. The first-order chi connectivity index (χ1) is 14.8. The number of hydrogen-bond donors (Lipinski definition) is 2. The first-order valence-corrected chi connectivity index (χ1v) is 10.4. The summed E-state index contributed by atoms with van der Waals surface area (Å²) < 4.78 is 19.3. The van der Waals surface area contributed by atoms with Gasteiger partial charge >= 0.3 is 0 Å². The predicted octanol–water partition coefficient (Wildman–Crippen LogP) is 3.79. The number of amides is 2. The van der Waals surface area contributed by atoms with E-state index in [0.717, 1.165) is 16.5 Å². The van der Waals surface area contributed by atoms with Crippen molar-refractivity contribution in [2.24, 2.45) is 0 Å². The van der Waals surface area contributed by atoms with E-state index in [1.165, 1.54) is 12.1 Å². The smallest absolute Gasteiger partial charge is 0.267 e. The molecule has 31 heavy (non-hydrogen) atoms. The number of morpholine rings is 1. The summed E-state index contributed by atoms with van der Waals surface area (Å²) in [6, 6.07) is 11.8. The number of carbonyl (C=O) groups excluding carboxylic acids is 2. The minimum Gasteiger partial charge on any atom is -0.372 e. The Morgan fingerprint density at radius 1 is 1.13 bits per heavy atom. The molecule has 0 radical (unpaired) electrons. The molecular weight excluding hydrogens is 397 g/mol. The monoisotopic (exact) mass is 423 g/mol. The van der Waals surface area contributed by atoms with E-state index in [2.05, 4.69) is 10.3 Å². The maximum absolute atomic E-state index is 13.6. The number of fused-ring (bicyclic) bond motifs is 1. The quantitative estimate of drug-likeness (QED) is 0.670. The molecule has 2 amide bonds. The van der Waals surface area contributed by atoms with Gasteiger partial charge in [0, 0.05) is 36.1 Å². The molecule has 2 atom stereocenters.